The number of halogens is 3. The van der Waals surface area contributed by atoms with Gasteiger partial charge in [0.2, 0.25) is 0 Å². The third-order valence-corrected chi connectivity index (χ3v) is 6.10. The third kappa shape index (κ3) is 6.44. The molecule has 0 spiro atoms. The fourth-order valence-corrected chi connectivity index (χ4v) is 4.07. The van der Waals surface area contributed by atoms with E-state index in [1.165, 1.54) is 37.8 Å². The Bertz CT molecular complexity index is 1370. The Morgan fingerprint density at radius 3 is 2.27 bits per heavy atom. The lowest BCUT2D eigenvalue weighted by molar-refractivity contribution is -0.137. The monoisotopic (exact) mass is 508 g/mol. The van der Waals surface area contributed by atoms with Crippen LogP contribution >= 0.6 is 0 Å². The Kier molecular flexibility index (Phi) is 8.06. The van der Waals surface area contributed by atoms with Gasteiger partial charge in [-0.15, -0.1) is 0 Å². The number of nitrogens with zero attached hydrogens (tertiary/aromatic N) is 2. The molecule has 0 saturated heterocycles. The minimum absolute atomic E-state index is 0.0778. The standard InChI is InChI=1S/C29H27F3N2O3/c1-2-3-4-5-6-15-37-22-11-7-19(8-12-22)20-9-13-26(33-18-20)27-17-24(28(35)36)23-16-21(29(30,31)32)10-14-25(23)34-27/h7-14,16-18H,2-6,15H2,1H3,(H,35,36). The molecule has 0 fully saturated rings. The van der Waals surface area contributed by atoms with Crippen molar-refractivity contribution in [2.45, 2.75) is 45.2 Å². The summed E-state index contributed by atoms with van der Waals surface area (Å²) in [4.78, 5) is 20.6. The minimum atomic E-state index is -4.58. The van der Waals surface area contributed by atoms with Gasteiger partial charge < -0.3 is 9.84 Å². The van der Waals surface area contributed by atoms with Crippen molar-refractivity contribution in [2.75, 3.05) is 6.61 Å². The van der Waals surface area contributed by atoms with E-state index in [0.717, 1.165) is 35.4 Å². The van der Waals surface area contributed by atoms with Crippen LogP contribution in [0, 0.1) is 0 Å². The molecule has 0 unspecified atom stereocenters. The third-order valence-electron chi connectivity index (χ3n) is 6.10. The Hall–Kier alpha value is -3.94. The number of aromatic carboxylic acids is 1. The van der Waals surface area contributed by atoms with Crippen LogP contribution in [0.25, 0.3) is 33.4 Å². The van der Waals surface area contributed by atoms with Crippen LogP contribution in [0.4, 0.5) is 13.2 Å². The lowest BCUT2D eigenvalue weighted by Crippen LogP contribution is -2.06. The molecule has 0 radical (unpaired) electrons. The van der Waals surface area contributed by atoms with Crippen molar-refractivity contribution in [3.63, 3.8) is 0 Å². The number of aromatic nitrogens is 2. The maximum Gasteiger partial charge on any atom is 0.416 e. The fourth-order valence-electron chi connectivity index (χ4n) is 4.07. The molecule has 5 nitrogen and oxygen atoms in total. The van der Waals surface area contributed by atoms with Crippen molar-refractivity contribution < 1.29 is 27.8 Å². The number of rotatable bonds is 10. The molecule has 2 aromatic carbocycles. The lowest BCUT2D eigenvalue weighted by atomic mass is 10.0. The summed E-state index contributed by atoms with van der Waals surface area (Å²) in [5, 5.41) is 9.55. The first kappa shape index (κ1) is 26.1. The molecule has 4 aromatic rings. The number of hydrogen-bond acceptors (Lipinski definition) is 4. The zero-order chi connectivity index (χ0) is 26.4. The second-order valence-corrected chi connectivity index (χ2v) is 8.81. The van der Waals surface area contributed by atoms with Gasteiger partial charge in [-0.3, -0.25) is 4.98 Å². The normalized spacial score (nSPS) is 11.6. The van der Waals surface area contributed by atoms with Gasteiger partial charge in [0.1, 0.15) is 5.75 Å². The highest BCUT2D eigenvalue weighted by molar-refractivity contribution is 6.03. The molecule has 2 heterocycles. The first-order chi connectivity index (χ1) is 17.8. The summed E-state index contributed by atoms with van der Waals surface area (Å²) in [6.07, 6.45) is 2.96. The molecular weight excluding hydrogens is 481 g/mol. The van der Waals surface area contributed by atoms with Gasteiger partial charge in [0.15, 0.2) is 0 Å². The topological polar surface area (TPSA) is 72.3 Å². The van der Waals surface area contributed by atoms with Gasteiger partial charge in [-0.1, -0.05) is 50.8 Å². The maximum absolute atomic E-state index is 13.1. The first-order valence-electron chi connectivity index (χ1n) is 12.2. The zero-order valence-corrected chi connectivity index (χ0v) is 20.4. The quantitative estimate of drug-likeness (QED) is 0.220. The highest BCUT2D eigenvalue weighted by Gasteiger charge is 2.31. The van der Waals surface area contributed by atoms with E-state index in [9.17, 15) is 23.1 Å². The van der Waals surface area contributed by atoms with E-state index >= 15 is 0 Å². The molecule has 4 rings (SSSR count). The van der Waals surface area contributed by atoms with Gasteiger partial charge >= 0.3 is 12.1 Å². The van der Waals surface area contributed by atoms with Crippen molar-refractivity contribution in [2.24, 2.45) is 0 Å². The maximum atomic E-state index is 13.1. The predicted octanol–water partition coefficient (Wildman–Crippen LogP) is 8.03. The number of carbonyl (C=O) groups is 1. The van der Waals surface area contributed by atoms with Crippen LogP contribution in [0.5, 0.6) is 5.75 Å². The van der Waals surface area contributed by atoms with Crippen molar-refractivity contribution in [1.29, 1.82) is 0 Å². The number of carboxylic acid groups (broad SMARTS) is 1. The molecule has 8 heteroatoms. The van der Waals surface area contributed by atoms with Crippen LogP contribution in [0.3, 0.4) is 0 Å². The number of hydrogen-bond donors (Lipinski definition) is 1. The number of ether oxygens (including phenoxy) is 1. The lowest BCUT2D eigenvalue weighted by Gasteiger charge is -2.11. The Morgan fingerprint density at radius 2 is 1.62 bits per heavy atom. The van der Waals surface area contributed by atoms with Crippen LogP contribution in [0.1, 0.15) is 54.9 Å². The summed E-state index contributed by atoms with van der Waals surface area (Å²) in [5.74, 6) is -0.535. The van der Waals surface area contributed by atoms with Gasteiger partial charge in [0.05, 0.1) is 34.6 Å². The smallest absolute Gasteiger partial charge is 0.416 e. The van der Waals surface area contributed by atoms with E-state index in [4.69, 9.17) is 4.74 Å². The molecule has 0 aliphatic rings. The van der Waals surface area contributed by atoms with Gasteiger partial charge in [0.25, 0.3) is 0 Å². The number of benzene rings is 2. The highest BCUT2D eigenvalue weighted by Crippen LogP contribution is 2.33. The summed E-state index contributed by atoms with van der Waals surface area (Å²) in [6, 6.07) is 15.4. The number of pyridine rings is 2. The molecule has 0 aliphatic carbocycles. The molecule has 37 heavy (non-hydrogen) atoms. The largest absolute Gasteiger partial charge is 0.494 e. The number of fused-ring (bicyclic) bond motifs is 1. The van der Waals surface area contributed by atoms with E-state index in [2.05, 4.69) is 16.9 Å². The van der Waals surface area contributed by atoms with E-state index < -0.39 is 17.7 Å². The molecule has 0 atom stereocenters. The van der Waals surface area contributed by atoms with E-state index in [1.807, 2.05) is 30.3 Å². The van der Waals surface area contributed by atoms with E-state index in [1.54, 1.807) is 12.3 Å². The summed E-state index contributed by atoms with van der Waals surface area (Å²) in [6.45, 7) is 2.88. The zero-order valence-electron chi connectivity index (χ0n) is 20.4. The molecule has 0 aliphatic heterocycles. The van der Waals surface area contributed by atoms with Gasteiger partial charge in [0, 0.05) is 17.1 Å². The van der Waals surface area contributed by atoms with Crippen molar-refractivity contribution in [1.82, 2.24) is 9.97 Å². The van der Waals surface area contributed by atoms with Crippen LogP contribution in [-0.4, -0.2) is 27.7 Å². The number of unbranched alkanes of at least 4 members (excludes halogenated alkanes) is 4. The molecule has 0 saturated carbocycles. The van der Waals surface area contributed by atoms with Crippen LogP contribution in [0.2, 0.25) is 0 Å². The number of carboxylic acids is 1. The van der Waals surface area contributed by atoms with Crippen molar-refractivity contribution in [3.05, 3.63) is 78.0 Å². The molecule has 0 amide bonds. The molecule has 1 N–H and O–H groups in total. The van der Waals surface area contributed by atoms with E-state index in [-0.39, 0.29) is 22.2 Å². The average molecular weight is 509 g/mol. The summed E-state index contributed by atoms with van der Waals surface area (Å²) in [5.41, 5.74) is 1.42. The summed E-state index contributed by atoms with van der Waals surface area (Å²) in [7, 11) is 0. The Morgan fingerprint density at radius 1 is 0.892 bits per heavy atom. The second kappa shape index (κ2) is 11.4. The van der Waals surface area contributed by atoms with Crippen LogP contribution in [-0.2, 0) is 6.18 Å². The minimum Gasteiger partial charge on any atom is -0.494 e. The van der Waals surface area contributed by atoms with Crippen LogP contribution in [0.15, 0.2) is 66.9 Å². The van der Waals surface area contributed by atoms with Gasteiger partial charge in [-0.25, -0.2) is 9.78 Å². The van der Waals surface area contributed by atoms with Gasteiger partial charge in [-0.2, -0.15) is 13.2 Å². The van der Waals surface area contributed by atoms with Gasteiger partial charge in [-0.05, 0) is 54.4 Å². The first-order valence-corrected chi connectivity index (χ1v) is 12.2. The molecule has 2 aromatic heterocycles. The summed E-state index contributed by atoms with van der Waals surface area (Å²) >= 11 is 0. The average Bonchev–Trinajstić information content (AvgIpc) is 2.89. The highest BCUT2D eigenvalue weighted by atomic mass is 19.4. The Labute approximate surface area is 213 Å². The number of alkyl halides is 3. The van der Waals surface area contributed by atoms with Crippen molar-refractivity contribution >= 4 is 16.9 Å². The van der Waals surface area contributed by atoms with E-state index in [0.29, 0.717) is 12.3 Å². The fraction of sp³-hybridized carbons (Fsp3) is 0.276. The molecule has 0 bridgehead atoms. The second-order valence-electron chi connectivity index (χ2n) is 8.81. The SMILES string of the molecule is CCCCCCCOc1ccc(-c2ccc(-c3cc(C(=O)O)c4cc(C(F)(F)F)ccc4n3)nc2)cc1. The van der Waals surface area contributed by atoms with Crippen LogP contribution < -0.4 is 4.74 Å². The molecular formula is C29H27F3N2O3. The predicted molar refractivity (Wildman–Crippen MR) is 137 cm³/mol. The Balaban J connectivity index is 1.51. The summed E-state index contributed by atoms with van der Waals surface area (Å²) < 4.78 is 45.2. The van der Waals surface area contributed by atoms with Crippen molar-refractivity contribution in [3.8, 4) is 28.3 Å². The molecule has 192 valence electrons.